The van der Waals surface area contributed by atoms with Gasteiger partial charge in [0.1, 0.15) is 0 Å². The molecule has 0 aliphatic heterocycles. The monoisotopic (exact) mass is 415 g/mol. The number of nitrogens with zero attached hydrogens (tertiary/aromatic N) is 2. The summed E-state index contributed by atoms with van der Waals surface area (Å²) in [4.78, 5) is 12.2. The fourth-order valence-electron chi connectivity index (χ4n) is 2.62. The first-order valence-corrected chi connectivity index (χ1v) is 9.66. The molecular weight excluding hydrogens is 394 g/mol. The van der Waals surface area contributed by atoms with Crippen LogP contribution in [0.25, 0.3) is 11.5 Å². The van der Waals surface area contributed by atoms with Crippen molar-refractivity contribution in [2.24, 2.45) is 0 Å². The second-order valence-electron chi connectivity index (χ2n) is 5.94. The Morgan fingerprint density at radius 1 is 1.07 bits per heavy atom. The van der Waals surface area contributed by atoms with Gasteiger partial charge in [0.15, 0.2) is 11.5 Å². The molecule has 0 unspecified atom stereocenters. The van der Waals surface area contributed by atoms with Gasteiger partial charge in [-0.05, 0) is 30.7 Å². The van der Waals surface area contributed by atoms with Crippen molar-refractivity contribution in [3.05, 3.63) is 42.0 Å². The van der Waals surface area contributed by atoms with Crippen molar-refractivity contribution < 1.29 is 23.4 Å². The molecule has 3 aromatic rings. The van der Waals surface area contributed by atoms with Crippen molar-refractivity contribution in [1.82, 2.24) is 10.2 Å². The van der Waals surface area contributed by atoms with Crippen LogP contribution in [0.4, 0.5) is 5.69 Å². The predicted octanol–water partition coefficient (Wildman–Crippen LogP) is 3.80. The molecule has 0 saturated carbocycles. The lowest BCUT2D eigenvalue weighted by Crippen LogP contribution is -2.14. The summed E-state index contributed by atoms with van der Waals surface area (Å²) in [7, 11) is 4.59. The first-order valence-electron chi connectivity index (χ1n) is 8.68. The number of hydrogen-bond donors (Lipinski definition) is 1. The van der Waals surface area contributed by atoms with Crippen molar-refractivity contribution in [2.45, 2.75) is 12.1 Å². The van der Waals surface area contributed by atoms with Gasteiger partial charge in [-0.25, -0.2) is 0 Å². The highest BCUT2D eigenvalue weighted by molar-refractivity contribution is 7.99. The summed E-state index contributed by atoms with van der Waals surface area (Å²) < 4.78 is 21.7. The molecule has 0 saturated heterocycles. The number of para-hydroxylation sites is 1. The minimum atomic E-state index is -0.156. The van der Waals surface area contributed by atoms with Gasteiger partial charge in [0.05, 0.1) is 27.1 Å². The molecule has 3 rings (SSSR count). The van der Waals surface area contributed by atoms with E-state index in [0.717, 1.165) is 23.0 Å². The molecule has 2 aromatic carbocycles. The van der Waals surface area contributed by atoms with Gasteiger partial charge in [0, 0.05) is 11.3 Å². The smallest absolute Gasteiger partial charge is 0.277 e. The molecule has 0 aliphatic rings. The maximum Gasteiger partial charge on any atom is 0.277 e. The average molecular weight is 415 g/mol. The number of hydrogen-bond acceptors (Lipinski definition) is 8. The first kappa shape index (κ1) is 20.5. The standard InChI is InChI=1S/C20H21N3O5S/c1-12-7-5-6-8-14(12)21-17(24)11-29-20-23-22-19(28-20)13-9-15(25-2)18(27-4)16(10-13)26-3/h5-10H,11H2,1-4H3,(H,21,24). The van der Waals surface area contributed by atoms with Gasteiger partial charge in [-0.15, -0.1) is 10.2 Å². The first-order chi connectivity index (χ1) is 14.0. The van der Waals surface area contributed by atoms with Crippen LogP contribution in [0.15, 0.2) is 46.0 Å². The number of carbonyl (C=O) groups excluding carboxylic acids is 1. The molecule has 8 nitrogen and oxygen atoms in total. The van der Waals surface area contributed by atoms with E-state index in [0.29, 0.717) is 22.8 Å². The maximum absolute atomic E-state index is 12.2. The lowest BCUT2D eigenvalue weighted by atomic mass is 10.2. The number of aryl methyl sites for hydroxylation is 1. The van der Waals surface area contributed by atoms with E-state index in [2.05, 4.69) is 15.5 Å². The van der Waals surface area contributed by atoms with E-state index in [-0.39, 0.29) is 22.8 Å². The number of benzene rings is 2. The number of carbonyl (C=O) groups is 1. The van der Waals surface area contributed by atoms with Gasteiger partial charge >= 0.3 is 0 Å². The minimum absolute atomic E-state index is 0.144. The fourth-order valence-corrected chi connectivity index (χ4v) is 3.18. The highest BCUT2D eigenvalue weighted by Gasteiger charge is 2.18. The van der Waals surface area contributed by atoms with Crippen LogP contribution in [0.2, 0.25) is 0 Å². The number of aromatic nitrogens is 2. The predicted molar refractivity (Wildman–Crippen MR) is 110 cm³/mol. The summed E-state index contributed by atoms with van der Waals surface area (Å²) >= 11 is 1.16. The van der Waals surface area contributed by atoms with Gasteiger partial charge in [0.25, 0.3) is 5.22 Å². The van der Waals surface area contributed by atoms with Crippen molar-refractivity contribution in [3.63, 3.8) is 0 Å². The van der Waals surface area contributed by atoms with Crippen LogP contribution in [-0.4, -0.2) is 43.2 Å². The molecule has 152 valence electrons. The fraction of sp³-hybridized carbons (Fsp3) is 0.250. The molecule has 0 bridgehead atoms. The third-order valence-electron chi connectivity index (χ3n) is 4.06. The van der Waals surface area contributed by atoms with Crippen LogP contribution < -0.4 is 19.5 Å². The zero-order valence-electron chi connectivity index (χ0n) is 16.5. The number of thioether (sulfide) groups is 1. The van der Waals surface area contributed by atoms with E-state index in [1.807, 2.05) is 31.2 Å². The van der Waals surface area contributed by atoms with Crippen LogP contribution in [0, 0.1) is 6.92 Å². The molecule has 0 radical (unpaired) electrons. The Kier molecular flexibility index (Phi) is 6.61. The molecule has 0 atom stereocenters. The Balaban J connectivity index is 1.69. The molecule has 1 N–H and O–H groups in total. The van der Waals surface area contributed by atoms with E-state index in [9.17, 15) is 4.79 Å². The number of ether oxygens (including phenoxy) is 3. The number of nitrogens with one attached hydrogen (secondary N) is 1. The minimum Gasteiger partial charge on any atom is -0.493 e. The Bertz CT molecular complexity index is 980. The molecule has 29 heavy (non-hydrogen) atoms. The van der Waals surface area contributed by atoms with Crippen LogP contribution >= 0.6 is 11.8 Å². The summed E-state index contributed by atoms with van der Waals surface area (Å²) in [6.07, 6.45) is 0. The van der Waals surface area contributed by atoms with Gasteiger partial charge in [0.2, 0.25) is 17.5 Å². The van der Waals surface area contributed by atoms with Crippen molar-refractivity contribution in [3.8, 4) is 28.7 Å². The molecule has 0 spiro atoms. The van der Waals surface area contributed by atoms with Gasteiger partial charge in [-0.2, -0.15) is 0 Å². The summed E-state index contributed by atoms with van der Waals surface area (Å²) in [5.41, 5.74) is 2.39. The molecule has 0 aliphatic carbocycles. The van der Waals surface area contributed by atoms with Gasteiger partial charge < -0.3 is 23.9 Å². The molecule has 1 amide bonds. The Hall–Kier alpha value is -3.20. The van der Waals surface area contributed by atoms with Crippen LogP contribution in [0.1, 0.15) is 5.56 Å². The van der Waals surface area contributed by atoms with Gasteiger partial charge in [-0.3, -0.25) is 4.79 Å². The lowest BCUT2D eigenvalue weighted by molar-refractivity contribution is -0.113. The van der Waals surface area contributed by atoms with Gasteiger partial charge in [-0.1, -0.05) is 30.0 Å². The number of amides is 1. The Morgan fingerprint density at radius 3 is 2.38 bits per heavy atom. The zero-order valence-corrected chi connectivity index (χ0v) is 17.3. The van der Waals surface area contributed by atoms with E-state index < -0.39 is 0 Å². The summed E-state index contributed by atoms with van der Waals surface area (Å²) in [6, 6.07) is 11.0. The molecule has 1 aromatic heterocycles. The Labute approximate surface area is 172 Å². The normalized spacial score (nSPS) is 10.5. The highest BCUT2D eigenvalue weighted by Crippen LogP contribution is 2.41. The van der Waals surface area contributed by atoms with Crippen LogP contribution in [0.3, 0.4) is 0 Å². The zero-order chi connectivity index (χ0) is 20.8. The average Bonchev–Trinajstić information content (AvgIpc) is 3.22. The quantitative estimate of drug-likeness (QED) is 0.555. The highest BCUT2D eigenvalue weighted by atomic mass is 32.2. The van der Waals surface area contributed by atoms with E-state index in [1.54, 1.807) is 12.1 Å². The number of anilines is 1. The van der Waals surface area contributed by atoms with Crippen molar-refractivity contribution >= 4 is 23.4 Å². The largest absolute Gasteiger partial charge is 0.493 e. The number of rotatable bonds is 8. The number of methoxy groups -OCH3 is 3. The van der Waals surface area contributed by atoms with E-state index in [1.165, 1.54) is 21.3 Å². The molecule has 1 heterocycles. The third kappa shape index (κ3) is 4.80. The summed E-state index contributed by atoms with van der Waals surface area (Å²) in [5.74, 6) is 1.70. The lowest BCUT2D eigenvalue weighted by Gasteiger charge is -2.12. The molecular formula is C20H21N3O5S. The third-order valence-corrected chi connectivity index (χ3v) is 4.88. The summed E-state index contributed by atoms with van der Waals surface area (Å²) in [6.45, 7) is 1.93. The van der Waals surface area contributed by atoms with E-state index >= 15 is 0 Å². The van der Waals surface area contributed by atoms with Crippen LogP contribution in [-0.2, 0) is 4.79 Å². The van der Waals surface area contributed by atoms with Crippen molar-refractivity contribution in [1.29, 1.82) is 0 Å². The molecule has 0 fully saturated rings. The Morgan fingerprint density at radius 2 is 1.76 bits per heavy atom. The maximum atomic E-state index is 12.2. The topological polar surface area (TPSA) is 95.7 Å². The second-order valence-corrected chi connectivity index (χ2v) is 6.87. The second kappa shape index (κ2) is 9.33. The van der Waals surface area contributed by atoms with Crippen molar-refractivity contribution in [2.75, 3.05) is 32.4 Å². The van der Waals surface area contributed by atoms with Crippen LogP contribution in [0.5, 0.6) is 17.2 Å². The SMILES string of the molecule is COc1cc(-c2nnc(SCC(=O)Nc3ccccc3C)o2)cc(OC)c1OC. The summed E-state index contributed by atoms with van der Waals surface area (Å²) in [5, 5.41) is 11.2. The molecule has 9 heteroatoms. The van der Waals surface area contributed by atoms with E-state index in [4.69, 9.17) is 18.6 Å².